The lowest BCUT2D eigenvalue weighted by molar-refractivity contribution is -0.118. The summed E-state index contributed by atoms with van der Waals surface area (Å²) in [5.74, 6) is 0.00473. The smallest absolute Gasteiger partial charge is 0.241 e. The van der Waals surface area contributed by atoms with E-state index in [-0.39, 0.29) is 11.9 Å². The number of hydrogen-bond acceptors (Lipinski definition) is 3. The maximum atomic E-state index is 12.3. The van der Waals surface area contributed by atoms with Crippen LogP contribution in [0.3, 0.4) is 0 Å². The van der Waals surface area contributed by atoms with E-state index in [2.05, 4.69) is 27.8 Å². The van der Waals surface area contributed by atoms with E-state index in [1.54, 1.807) is 6.20 Å². The summed E-state index contributed by atoms with van der Waals surface area (Å²) in [6.07, 6.45) is 2.43. The zero-order chi connectivity index (χ0) is 13.9. The number of hydrogen-bond donors (Lipinski definition) is 2. The zero-order valence-corrected chi connectivity index (χ0v) is 11.4. The zero-order valence-electron chi connectivity index (χ0n) is 11.4. The summed E-state index contributed by atoms with van der Waals surface area (Å²) in [7, 11) is 0. The molecular weight excluding hydrogens is 250 g/mol. The average molecular weight is 267 g/mol. The Labute approximate surface area is 118 Å². The molecule has 4 heteroatoms. The van der Waals surface area contributed by atoms with Crippen LogP contribution in [0.2, 0.25) is 0 Å². The number of amides is 1. The molecule has 1 atom stereocenters. The van der Waals surface area contributed by atoms with Gasteiger partial charge in [-0.2, -0.15) is 0 Å². The van der Waals surface area contributed by atoms with Gasteiger partial charge in [0.15, 0.2) is 0 Å². The van der Waals surface area contributed by atoms with Crippen LogP contribution in [0.25, 0.3) is 0 Å². The average Bonchev–Trinajstić information content (AvgIpc) is 2.47. The molecule has 2 heterocycles. The minimum absolute atomic E-state index is 0.00473. The summed E-state index contributed by atoms with van der Waals surface area (Å²) in [4.78, 5) is 16.4. The molecule has 1 aromatic carbocycles. The van der Waals surface area contributed by atoms with E-state index in [1.807, 2.05) is 31.2 Å². The Morgan fingerprint density at radius 3 is 2.90 bits per heavy atom. The second-order valence-corrected chi connectivity index (χ2v) is 5.08. The van der Waals surface area contributed by atoms with Crippen molar-refractivity contribution in [2.75, 3.05) is 5.32 Å². The van der Waals surface area contributed by atoms with Crippen molar-refractivity contribution >= 4 is 11.6 Å². The first-order valence-corrected chi connectivity index (χ1v) is 6.76. The number of aryl methyl sites for hydroxylation is 1. The molecule has 0 spiro atoms. The van der Waals surface area contributed by atoms with Crippen LogP contribution in [0, 0.1) is 6.92 Å². The molecule has 20 heavy (non-hydrogen) atoms. The first kappa shape index (κ1) is 12.8. The summed E-state index contributed by atoms with van der Waals surface area (Å²) in [5.41, 5.74) is 4.21. The minimum Gasteiger partial charge on any atom is -0.325 e. The van der Waals surface area contributed by atoms with Crippen molar-refractivity contribution in [1.29, 1.82) is 0 Å². The van der Waals surface area contributed by atoms with Crippen molar-refractivity contribution in [1.82, 2.24) is 10.3 Å². The highest BCUT2D eigenvalue weighted by molar-refractivity contribution is 5.95. The Morgan fingerprint density at radius 1 is 1.30 bits per heavy atom. The number of nitrogens with zero attached hydrogens (tertiary/aromatic N) is 1. The molecule has 0 radical (unpaired) electrons. The summed E-state index contributed by atoms with van der Waals surface area (Å²) in [6.45, 7) is 2.65. The Kier molecular flexibility index (Phi) is 3.48. The van der Waals surface area contributed by atoms with Gasteiger partial charge < -0.3 is 10.6 Å². The molecule has 2 N–H and O–H groups in total. The van der Waals surface area contributed by atoms with Gasteiger partial charge in [0.05, 0.1) is 6.04 Å². The number of fused-ring (bicyclic) bond motifs is 1. The predicted octanol–water partition coefficient (Wildman–Crippen LogP) is 2.04. The number of benzene rings is 1. The van der Waals surface area contributed by atoms with E-state index in [9.17, 15) is 4.79 Å². The standard InChI is InChI=1S/C16H17N3O/c1-11-8-14(6-7-17-11)19-16(20)15-9-12-4-2-3-5-13(12)10-18-15/h2-8,15,18H,9-10H2,1H3,(H,17,19,20). The fraction of sp³-hybridized carbons (Fsp3) is 0.250. The van der Waals surface area contributed by atoms with E-state index in [0.29, 0.717) is 0 Å². The molecule has 1 aliphatic heterocycles. The third kappa shape index (κ3) is 2.70. The number of nitrogens with one attached hydrogen (secondary N) is 2. The molecule has 1 amide bonds. The molecule has 0 saturated carbocycles. The molecule has 102 valence electrons. The van der Waals surface area contributed by atoms with Gasteiger partial charge in [0.1, 0.15) is 0 Å². The Balaban J connectivity index is 1.70. The van der Waals surface area contributed by atoms with Crippen molar-refractivity contribution in [3.05, 3.63) is 59.4 Å². The number of anilines is 1. The molecular formula is C16H17N3O. The summed E-state index contributed by atoms with van der Waals surface area (Å²) >= 11 is 0. The third-order valence-electron chi connectivity index (χ3n) is 3.56. The second kappa shape index (κ2) is 5.43. The van der Waals surface area contributed by atoms with Gasteiger partial charge >= 0.3 is 0 Å². The van der Waals surface area contributed by atoms with Gasteiger partial charge in [-0.3, -0.25) is 9.78 Å². The van der Waals surface area contributed by atoms with Crippen LogP contribution in [0.1, 0.15) is 16.8 Å². The molecule has 0 bridgehead atoms. The topological polar surface area (TPSA) is 54.0 Å². The van der Waals surface area contributed by atoms with Gasteiger partial charge in [-0.1, -0.05) is 24.3 Å². The molecule has 2 aromatic rings. The Bertz CT molecular complexity index is 639. The SMILES string of the molecule is Cc1cc(NC(=O)C2Cc3ccccc3CN2)ccn1. The lowest BCUT2D eigenvalue weighted by atomic mass is 9.95. The van der Waals surface area contributed by atoms with E-state index in [0.717, 1.165) is 24.3 Å². The van der Waals surface area contributed by atoms with Crippen LogP contribution in [-0.2, 0) is 17.8 Å². The number of rotatable bonds is 2. The summed E-state index contributed by atoms with van der Waals surface area (Å²) in [5, 5.41) is 6.22. The lowest BCUT2D eigenvalue weighted by Gasteiger charge is -2.25. The third-order valence-corrected chi connectivity index (χ3v) is 3.56. The van der Waals surface area contributed by atoms with Crippen molar-refractivity contribution < 1.29 is 4.79 Å². The molecule has 4 nitrogen and oxygen atoms in total. The largest absolute Gasteiger partial charge is 0.325 e. The number of aromatic nitrogens is 1. The summed E-state index contributed by atoms with van der Waals surface area (Å²) in [6, 6.07) is 11.7. The molecule has 0 fully saturated rings. The monoisotopic (exact) mass is 267 g/mol. The molecule has 1 aromatic heterocycles. The van der Waals surface area contributed by atoms with E-state index in [1.165, 1.54) is 11.1 Å². The van der Waals surface area contributed by atoms with E-state index in [4.69, 9.17) is 0 Å². The second-order valence-electron chi connectivity index (χ2n) is 5.08. The van der Waals surface area contributed by atoms with Crippen LogP contribution in [-0.4, -0.2) is 16.9 Å². The van der Waals surface area contributed by atoms with Crippen LogP contribution in [0.15, 0.2) is 42.6 Å². The van der Waals surface area contributed by atoms with E-state index < -0.39 is 0 Å². The summed E-state index contributed by atoms with van der Waals surface area (Å²) < 4.78 is 0. The fourth-order valence-electron chi connectivity index (χ4n) is 2.49. The number of carbonyl (C=O) groups excluding carboxylic acids is 1. The van der Waals surface area contributed by atoms with Crippen LogP contribution in [0.4, 0.5) is 5.69 Å². The highest BCUT2D eigenvalue weighted by atomic mass is 16.2. The molecule has 3 rings (SSSR count). The molecule has 0 aliphatic carbocycles. The van der Waals surface area contributed by atoms with Crippen LogP contribution in [0.5, 0.6) is 0 Å². The number of pyridine rings is 1. The Morgan fingerprint density at radius 2 is 2.10 bits per heavy atom. The van der Waals surface area contributed by atoms with Crippen molar-refractivity contribution in [2.45, 2.75) is 25.9 Å². The first-order valence-electron chi connectivity index (χ1n) is 6.76. The fourth-order valence-corrected chi connectivity index (χ4v) is 2.49. The van der Waals surface area contributed by atoms with Crippen molar-refractivity contribution in [3.63, 3.8) is 0 Å². The maximum absolute atomic E-state index is 12.3. The van der Waals surface area contributed by atoms with Crippen molar-refractivity contribution in [3.8, 4) is 0 Å². The predicted molar refractivity (Wildman–Crippen MR) is 78.4 cm³/mol. The van der Waals surface area contributed by atoms with Crippen molar-refractivity contribution in [2.24, 2.45) is 0 Å². The molecule has 0 saturated heterocycles. The maximum Gasteiger partial charge on any atom is 0.241 e. The van der Waals surface area contributed by atoms with Crippen LogP contribution >= 0.6 is 0 Å². The van der Waals surface area contributed by atoms with Gasteiger partial charge in [0.2, 0.25) is 5.91 Å². The van der Waals surface area contributed by atoms with E-state index >= 15 is 0 Å². The van der Waals surface area contributed by atoms with Gasteiger partial charge in [-0.25, -0.2) is 0 Å². The molecule has 1 unspecified atom stereocenters. The highest BCUT2D eigenvalue weighted by Crippen LogP contribution is 2.17. The van der Waals surface area contributed by atoms with Gasteiger partial charge in [-0.15, -0.1) is 0 Å². The normalized spacial score (nSPS) is 17.4. The van der Waals surface area contributed by atoms with Gasteiger partial charge in [-0.05, 0) is 36.6 Å². The quantitative estimate of drug-likeness (QED) is 0.875. The first-order chi connectivity index (χ1) is 9.72. The number of carbonyl (C=O) groups is 1. The van der Waals surface area contributed by atoms with Crippen LogP contribution < -0.4 is 10.6 Å². The van der Waals surface area contributed by atoms with Gasteiger partial charge in [0.25, 0.3) is 0 Å². The van der Waals surface area contributed by atoms with Gasteiger partial charge in [0, 0.05) is 24.1 Å². The lowest BCUT2D eigenvalue weighted by Crippen LogP contribution is -2.44. The highest BCUT2D eigenvalue weighted by Gasteiger charge is 2.23. The Hall–Kier alpha value is -2.20. The molecule has 1 aliphatic rings. The minimum atomic E-state index is -0.182.